The average Bonchev–Trinajstić information content (AvgIpc) is 2.28. The smallest absolute Gasteiger partial charge is 0.0624 e. The van der Waals surface area contributed by atoms with E-state index in [4.69, 9.17) is 4.74 Å². The molecular weight excluding hydrogens is 234 g/mol. The molecule has 0 amide bonds. The van der Waals surface area contributed by atoms with E-state index in [-0.39, 0.29) is 6.04 Å². The van der Waals surface area contributed by atoms with Crippen molar-refractivity contribution in [1.29, 1.82) is 0 Å². The normalized spacial score (nSPS) is 14.5. The van der Waals surface area contributed by atoms with Crippen molar-refractivity contribution in [3.8, 4) is 0 Å². The minimum Gasteiger partial charge on any atom is -0.383 e. The van der Waals surface area contributed by atoms with E-state index in [0.717, 1.165) is 5.56 Å². The number of rotatable bonds is 7. The number of nitrogens with one attached hydrogen (secondary N) is 1. The molecule has 17 heavy (non-hydrogen) atoms. The van der Waals surface area contributed by atoms with Gasteiger partial charge in [-0.15, -0.1) is 0 Å². The molecule has 0 spiro atoms. The molecule has 1 aromatic rings. The first-order valence-corrected chi connectivity index (χ1v) is 7.21. The summed E-state index contributed by atoms with van der Waals surface area (Å²) in [5.74, 6) is 1.24. The van der Waals surface area contributed by atoms with E-state index in [9.17, 15) is 4.21 Å². The number of ether oxygens (including phenoxy) is 1. The predicted octanol–water partition coefficient (Wildman–Crippen LogP) is 1.48. The molecule has 2 atom stereocenters. The van der Waals surface area contributed by atoms with Crippen LogP contribution in [0.25, 0.3) is 0 Å². The van der Waals surface area contributed by atoms with Crippen LogP contribution in [0.5, 0.6) is 0 Å². The lowest BCUT2D eigenvalue weighted by Gasteiger charge is -2.14. The minimum atomic E-state index is -0.853. The molecule has 0 aromatic heterocycles. The Hall–Kier alpha value is -0.710. The summed E-state index contributed by atoms with van der Waals surface area (Å²) in [5.41, 5.74) is 2.34. The zero-order valence-electron chi connectivity index (χ0n) is 10.7. The molecule has 0 aliphatic carbocycles. The van der Waals surface area contributed by atoms with E-state index in [2.05, 4.69) is 11.4 Å². The molecule has 3 nitrogen and oxygen atoms in total. The van der Waals surface area contributed by atoms with E-state index < -0.39 is 10.8 Å². The Labute approximate surface area is 106 Å². The zero-order valence-corrected chi connectivity index (χ0v) is 11.5. The van der Waals surface area contributed by atoms with Crippen LogP contribution >= 0.6 is 0 Å². The van der Waals surface area contributed by atoms with E-state index >= 15 is 0 Å². The second-order valence-electron chi connectivity index (χ2n) is 4.18. The van der Waals surface area contributed by atoms with Gasteiger partial charge in [0.1, 0.15) is 0 Å². The first-order valence-electron chi connectivity index (χ1n) is 5.72. The first-order chi connectivity index (χ1) is 8.15. The van der Waals surface area contributed by atoms with Gasteiger partial charge in [0.15, 0.2) is 0 Å². The third-order valence-electron chi connectivity index (χ3n) is 2.57. The van der Waals surface area contributed by atoms with Crippen molar-refractivity contribution in [3.05, 3.63) is 35.4 Å². The summed E-state index contributed by atoms with van der Waals surface area (Å²) in [7, 11) is 2.68. The number of likely N-dealkylation sites (N-methyl/N-ethyl adjacent to an activating group) is 1. The Morgan fingerprint density at radius 3 is 2.82 bits per heavy atom. The van der Waals surface area contributed by atoms with Gasteiger partial charge < -0.3 is 10.1 Å². The molecule has 0 saturated heterocycles. The molecule has 1 N–H and O–H groups in total. The van der Waals surface area contributed by atoms with E-state index in [1.165, 1.54) is 5.56 Å². The molecule has 0 aliphatic rings. The molecule has 0 fully saturated rings. The van der Waals surface area contributed by atoms with E-state index in [0.29, 0.717) is 18.1 Å². The van der Waals surface area contributed by atoms with Crippen molar-refractivity contribution >= 4 is 10.8 Å². The van der Waals surface area contributed by atoms with Crippen molar-refractivity contribution in [3.63, 3.8) is 0 Å². The molecule has 4 heteroatoms. The summed E-state index contributed by atoms with van der Waals surface area (Å²) in [6.45, 7) is 2.64. The van der Waals surface area contributed by atoms with Crippen LogP contribution in [0.4, 0.5) is 0 Å². The monoisotopic (exact) mass is 255 g/mol. The zero-order chi connectivity index (χ0) is 12.7. The fourth-order valence-electron chi connectivity index (χ4n) is 1.69. The summed E-state index contributed by atoms with van der Waals surface area (Å²) >= 11 is 0. The fraction of sp³-hybridized carbons (Fsp3) is 0.538. The van der Waals surface area contributed by atoms with Crippen LogP contribution in [0, 0.1) is 6.92 Å². The highest BCUT2D eigenvalue weighted by Crippen LogP contribution is 2.07. The van der Waals surface area contributed by atoms with Crippen LogP contribution in [0.3, 0.4) is 0 Å². The minimum absolute atomic E-state index is 0.158. The predicted molar refractivity (Wildman–Crippen MR) is 72.6 cm³/mol. The second-order valence-corrected chi connectivity index (χ2v) is 5.68. The Morgan fingerprint density at radius 2 is 2.24 bits per heavy atom. The molecule has 1 aromatic carbocycles. The summed E-state index contributed by atoms with van der Waals surface area (Å²) in [4.78, 5) is 0. The maximum Gasteiger partial charge on any atom is 0.0624 e. The van der Waals surface area contributed by atoms with Crippen LogP contribution in [-0.2, 0) is 21.3 Å². The van der Waals surface area contributed by atoms with Gasteiger partial charge in [-0.2, -0.15) is 0 Å². The van der Waals surface area contributed by atoms with Gasteiger partial charge in [0, 0.05) is 35.5 Å². The molecule has 0 saturated carbocycles. The van der Waals surface area contributed by atoms with Crippen molar-refractivity contribution in [2.45, 2.75) is 18.7 Å². The lowest BCUT2D eigenvalue weighted by Crippen LogP contribution is -2.35. The molecule has 0 aliphatic heterocycles. The SMILES string of the molecule is CNC(COC)CS(=O)Cc1cccc(C)c1. The highest BCUT2D eigenvalue weighted by atomic mass is 32.2. The molecule has 0 heterocycles. The summed E-state index contributed by atoms with van der Waals surface area (Å²) in [5, 5.41) is 3.11. The van der Waals surface area contributed by atoms with Crippen LogP contribution in [0.1, 0.15) is 11.1 Å². The van der Waals surface area contributed by atoms with E-state index in [1.807, 2.05) is 32.2 Å². The Kier molecular flexibility index (Phi) is 6.40. The van der Waals surface area contributed by atoms with Crippen molar-refractivity contribution < 1.29 is 8.95 Å². The first kappa shape index (κ1) is 14.4. The molecule has 0 bridgehead atoms. The maximum atomic E-state index is 12.0. The van der Waals surface area contributed by atoms with Gasteiger partial charge in [-0.1, -0.05) is 29.8 Å². The topological polar surface area (TPSA) is 38.3 Å². The molecule has 2 unspecified atom stereocenters. The number of hydrogen-bond acceptors (Lipinski definition) is 3. The van der Waals surface area contributed by atoms with Gasteiger partial charge in [-0.05, 0) is 19.5 Å². The van der Waals surface area contributed by atoms with Gasteiger partial charge in [0.05, 0.1) is 6.61 Å². The van der Waals surface area contributed by atoms with Gasteiger partial charge in [-0.3, -0.25) is 4.21 Å². The quantitative estimate of drug-likeness (QED) is 0.802. The number of aryl methyl sites for hydroxylation is 1. The molecule has 1 rings (SSSR count). The van der Waals surface area contributed by atoms with Crippen LogP contribution in [0.15, 0.2) is 24.3 Å². The lowest BCUT2D eigenvalue weighted by atomic mass is 10.2. The van der Waals surface area contributed by atoms with Crippen LogP contribution in [-0.4, -0.2) is 36.8 Å². The van der Waals surface area contributed by atoms with Crippen molar-refractivity contribution in [2.75, 3.05) is 26.5 Å². The third-order valence-corrected chi connectivity index (χ3v) is 4.00. The van der Waals surface area contributed by atoms with Crippen LogP contribution < -0.4 is 5.32 Å². The fourth-order valence-corrected chi connectivity index (χ4v) is 3.07. The summed E-state index contributed by atoms with van der Waals surface area (Å²) < 4.78 is 17.1. The Bertz CT molecular complexity index is 368. The van der Waals surface area contributed by atoms with Crippen molar-refractivity contribution in [2.24, 2.45) is 0 Å². The second kappa shape index (κ2) is 7.58. The number of hydrogen-bond donors (Lipinski definition) is 1. The number of benzene rings is 1. The standard InChI is InChI=1S/C13H21NO2S/c1-11-5-4-6-12(7-11)9-17(15)10-13(14-2)8-16-3/h4-7,13-14H,8-10H2,1-3H3. The Balaban J connectivity index is 2.49. The molecule has 96 valence electrons. The third kappa shape index (κ3) is 5.44. The summed E-state index contributed by atoms with van der Waals surface area (Å²) in [6.07, 6.45) is 0. The molecule has 0 radical (unpaired) electrons. The van der Waals surface area contributed by atoms with Gasteiger partial charge in [-0.25, -0.2) is 0 Å². The van der Waals surface area contributed by atoms with Crippen molar-refractivity contribution in [1.82, 2.24) is 5.32 Å². The highest BCUT2D eigenvalue weighted by Gasteiger charge is 2.10. The van der Waals surface area contributed by atoms with Gasteiger partial charge in [0.25, 0.3) is 0 Å². The van der Waals surface area contributed by atoms with Gasteiger partial charge >= 0.3 is 0 Å². The average molecular weight is 255 g/mol. The molecular formula is C13H21NO2S. The Morgan fingerprint density at radius 1 is 1.47 bits per heavy atom. The van der Waals surface area contributed by atoms with Crippen LogP contribution in [0.2, 0.25) is 0 Å². The number of methoxy groups -OCH3 is 1. The maximum absolute atomic E-state index is 12.0. The highest BCUT2D eigenvalue weighted by molar-refractivity contribution is 7.84. The largest absolute Gasteiger partial charge is 0.383 e. The van der Waals surface area contributed by atoms with Gasteiger partial charge in [0.2, 0.25) is 0 Å². The van der Waals surface area contributed by atoms with E-state index in [1.54, 1.807) is 7.11 Å². The lowest BCUT2D eigenvalue weighted by molar-refractivity contribution is 0.176. The summed E-state index contributed by atoms with van der Waals surface area (Å²) in [6, 6.07) is 8.32.